The molecule has 172 valence electrons. The van der Waals surface area contributed by atoms with Gasteiger partial charge >= 0.3 is 5.69 Å². The van der Waals surface area contributed by atoms with Gasteiger partial charge in [0, 0.05) is 23.6 Å². The van der Waals surface area contributed by atoms with E-state index in [0.717, 1.165) is 17.8 Å². The second-order valence-electron chi connectivity index (χ2n) is 8.69. The van der Waals surface area contributed by atoms with Crippen molar-refractivity contribution in [1.82, 2.24) is 19.5 Å². The fraction of sp³-hybridized carbons (Fsp3) is 0.480. The van der Waals surface area contributed by atoms with Gasteiger partial charge in [0.1, 0.15) is 11.6 Å². The molecule has 0 aliphatic carbocycles. The van der Waals surface area contributed by atoms with Crippen LogP contribution >= 0.6 is 0 Å². The van der Waals surface area contributed by atoms with E-state index in [1.165, 1.54) is 54.7 Å². The standard InChI is InChI=1S/C25H35N5O2/c1-4-5-6-7-8-9-10-19-11-13-20(14-12-19)27-23-15-24(31)29-25(32)30(23)17-22-26-16-21(28-22)18(2)3/h11-16,18,27H,4-10,17H2,1-3H3,(H,26,28)(H,29,31,32). The lowest BCUT2D eigenvalue weighted by Gasteiger charge is -2.13. The van der Waals surface area contributed by atoms with E-state index in [9.17, 15) is 9.59 Å². The molecule has 32 heavy (non-hydrogen) atoms. The molecular formula is C25H35N5O2. The van der Waals surface area contributed by atoms with E-state index in [1.54, 1.807) is 6.20 Å². The molecule has 0 spiro atoms. The Hall–Kier alpha value is -3.09. The number of imidazole rings is 1. The van der Waals surface area contributed by atoms with Gasteiger partial charge in [0.25, 0.3) is 5.56 Å². The van der Waals surface area contributed by atoms with Crippen molar-refractivity contribution in [3.05, 3.63) is 74.4 Å². The van der Waals surface area contributed by atoms with E-state index in [0.29, 0.717) is 17.6 Å². The molecule has 3 N–H and O–H groups in total. The third-order valence-corrected chi connectivity index (χ3v) is 5.66. The van der Waals surface area contributed by atoms with Crippen LogP contribution in [-0.2, 0) is 13.0 Å². The Kier molecular flexibility index (Phi) is 8.48. The maximum atomic E-state index is 12.5. The zero-order chi connectivity index (χ0) is 22.9. The van der Waals surface area contributed by atoms with Crippen molar-refractivity contribution in [3.63, 3.8) is 0 Å². The number of hydrogen-bond donors (Lipinski definition) is 3. The van der Waals surface area contributed by atoms with Crippen molar-refractivity contribution in [2.24, 2.45) is 0 Å². The summed E-state index contributed by atoms with van der Waals surface area (Å²) in [6, 6.07) is 9.59. The third kappa shape index (κ3) is 6.70. The van der Waals surface area contributed by atoms with Crippen LogP contribution in [0, 0.1) is 0 Å². The second-order valence-corrected chi connectivity index (χ2v) is 8.69. The van der Waals surface area contributed by atoms with Crippen molar-refractivity contribution in [2.75, 3.05) is 5.32 Å². The molecule has 7 heteroatoms. The molecule has 0 radical (unpaired) electrons. The number of anilines is 2. The number of nitrogens with zero attached hydrogens (tertiary/aromatic N) is 2. The molecule has 0 fully saturated rings. The molecule has 1 aromatic carbocycles. The molecule has 0 aliphatic rings. The first kappa shape index (κ1) is 23.6. The second kappa shape index (κ2) is 11.5. The quantitative estimate of drug-likeness (QED) is 0.344. The Bertz CT molecular complexity index is 1090. The zero-order valence-corrected chi connectivity index (χ0v) is 19.4. The molecule has 0 atom stereocenters. The van der Waals surface area contributed by atoms with Crippen LogP contribution < -0.4 is 16.6 Å². The highest BCUT2D eigenvalue weighted by Gasteiger charge is 2.11. The van der Waals surface area contributed by atoms with Crippen LogP contribution in [0.15, 0.2) is 46.1 Å². The highest BCUT2D eigenvalue weighted by atomic mass is 16.2. The van der Waals surface area contributed by atoms with E-state index in [2.05, 4.69) is 53.2 Å². The topological polar surface area (TPSA) is 95.6 Å². The lowest BCUT2D eigenvalue weighted by molar-refractivity contribution is 0.607. The van der Waals surface area contributed by atoms with Gasteiger partial charge < -0.3 is 10.3 Å². The minimum absolute atomic E-state index is 0.237. The number of aryl methyl sites for hydroxylation is 1. The summed E-state index contributed by atoms with van der Waals surface area (Å²) in [6.07, 6.45) is 10.6. The van der Waals surface area contributed by atoms with Gasteiger partial charge in [-0.3, -0.25) is 14.3 Å². The molecule has 0 saturated carbocycles. The number of benzene rings is 1. The Labute approximate surface area is 189 Å². The lowest BCUT2D eigenvalue weighted by Crippen LogP contribution is -2.31. The van der Waals surface area contributed by atoms with Crippen LogP contribution in [-0.4, -0.2) is 19.5 Å². The van der Waals surface area contributed by atoms with Crippen LogP contribution in [0.3, 0.4) is 0 Å². The van der Waals surface area contributed by atoms with Crippen LogP contribution in [0.25, 0.3) is 0 Å². The summed E-state index contributed by atoms with van der Waals surface area (Å²) in [5.74, 6) is 1.42. The van der Waals surface area contributed by atoms with Gasteiger partial charge in [0.15, 0.2) is 0 Å². The Morgan fingerprint density at radius 3 is 2.41 bits per heavy atom. The summed E-state index contributed by atoms with van der Waals surface area (Å²) >= 11 is 0. The molecule has 2 heterocycles. The maximum absolute atomic E-state index is 12.5. The SMILES string of the molecule is CCCCCCCCc1ccc(Nc2cc(=O)[nH]c(=O)n2Cc2ncc(C(C)C)[nH]2)cc1. The number of rotatable bonds is 12. The molecule has 0 amide bonds. The molecule has 3 rings (SSSR count). The first-order chi connectivity index (χ1) is 15.5. The Morgan fingerprint density at radius 1 is 1.00 bits per heavy atom. The van der Waals surface area contributed by atoms with Crippen molar-refractivity contribution in [3.8, 4) is 0 Å². The monoisotopic (exact) mass is 437 g/mol. The molecule has 0 bridgehead atoms. The number of hydrogen-bond acceptors (Lipinski definition) is 4. The maximum Gasteiger partial charge on any atom is 0.330 e. The van der Waals surface area contributed by atoms with Crippen LogP contribution in [0.5, 0.6) is 0 Å². The molecule has 0 unspecified atom stereocenters. The summed E-state index contributed by atoms with van der Waals surface area (Å²) in [5.41, 5.74) is 2.23. The van der Waals surface area contributed by atoms with Crippen molar-refractivity contribution in [2.45, 2.75) is 78.2 Å². The summed E-state index contributed by atoms with van der Waals surface area (Å²) in [4.78, 5) is 34.4. The van der Waals surface area contributed by atoms with E-state index < -0.39 is 11.2 Å². The number of unbranched alkanes of at least 4 members (excludes halogenated alkanes) is 5. The first-order valence-electron chi connectivity index (χ1n) is 11.7. The molecule has 7 nitrogen and oxygen atoms in total. The van der Waals surface area contributed by atoms with Crippen LogP contribution in [0.4, 0.5) is 11.5 Å². The highest BCUT2D eigenvalue weighted by molar-refractivity contribution is 5.56. The van der Waals surface area contributed by atoms with E-state index in [1.807, 2.05) is 12.1 Å². The minimum Gasteiger partial charge on any atom is -0.344 e. The molecule has 0 saturated heterocycles. The third-order valence-electron chi connectivity index (χ3n) is 5.66. The van der Waals surface area contributed by atoms with Gasteiger partial charge in [-0.05, 0) is 36.5 Å². The largest absolute Gasteiger partial charge is 0.344 e. The predicted octanol–water partition coefficient (Wildman–Crippen LogP) is 5.08. The van der Waals surface area contributed by atoms with Gasteiger partial charge in [0.2, 0.25) is 0 Å². The van der Waals surface area contributed by atoms with Gasteiger partial charge in [-0.15, -0.1) is 0 Å². The number of aromatic nitrogens is 4. The van der Waals surface area contributed by atoms with Gasteiger partial charge in [0.05, 0.1) is 6.54 Å². The van der Waals surface area contributed by atoms with E-state index in [4.69, 9.17) is 0 Å². The van der Waals surface area contributed by atoms with Gasteiger partial charge in [-0.2, -0.15) is 0 Å². The highest BCUT2D eigenvalue weighted by Crippen LogP contribution is 2.18. The molecule has 3 aromatic rings. The van der Waals surface area contributed by atoms with Crippen molar-refractivity contribution in [1.29, 1.82) is 0 Å². The van der Waals surface area contributed by atoms with Gasteiger partial charge in [-0.25, -0.2) is 9.78 Å². The summed E-state index contributed by atoms with van der Waals surface area (Å²) in [6.45, 7) is 6.63. The van der Waals surface area contributed by atoms with Crippen LogP contribution in [0.2, 0.25) is 0 Å². The van der Waals surface area contributed by atoms with Gasteiger partial charge in [-0.1, -0.05) is 65.0 Å². The predicted molar refractivity (Wildman–Crippen MR) is 130 cm³/mol. The lowest BCUT2D eigenvalue weighted by atomic mass is 10.0. The number of aromatic amines is 2. The van der Waals surface area contributed by atoms with E-state index in [-0.39, 0.29) is 6.54 Å². The zero-order valence-electron chi connectivity index (χ0n) is 19.4. The van der Waals surface area contributed by atoms with Crippen molar-refractivity contribution >= 4 is 11.5 Å². The summed E-state index contributed by atoms with van der Waals surface area (Å²) in [5, 5.41) is 3.22. The molecule has 2 aromatic heterocycles. The minimum atomic E-state index is -0.470. The average Bonchev–Trinajstić information content (AvgIpc) is 3.23. The van der Waals surface area contributed by atoms with Crippen LogP contribution in [0.1, 0.15) is 82.3 Å². The average molecular weight is 438 g/mol. The van der Waals surface area contributed by atoms with E-state index >= 15 is 0 Å². The normalized spacial score (nSPS) is 11.2. The number of nitrogens with one attached hydrogen (secondary N) is 3. The first-order valence-corrected chi connectivity index (χ1v) is 11.7. The van der Waals surface area contributed by atoms with Crippen molar-refractivity contribution < 1.29 is 0 Å². The molecular weight excluding hydrogens is 402 g/mol. The summed E-state index contributed by atoms with van der Waals surface area (Å²) < 4.78 is 1.48. The smallest absolute Gasteiger partial charge is 0.330 e. The Morgan fingerprint density at radius 2 is 1.72 bits per heavy atom. The number of H-pyrrole nitrogens is 2. The summed E-state index contributed by atoms with van der Waals surface area (Å²) in [7, 11) is 0. The molecule has 0 aliphatic heterocycles. The fourth-order valence-electron chi connectivity index (χ4n) is 3.70. The Balaban J connectivity index is 1.67. The fourth-order valence-corrected chi connectivity index (χ4v) is 3.70.